The van der Waals surface area contributed by atoms with Gasteiger partial charge >= 0.3 is 0 Å². The molecule has 16 heavy (non-hydrogen) atoms. The van der Waals surface area contributed by atoms with E-state index < -0.39 is 0 Å². The highest BCUT2D eigenvalue weighted by molar-refractivity contribution is 5.02. The molecule has 0 amide bonds. The van der Waals surface area contributed by atoms with Crippen LogP contribution in [0.2, 0.25) is 0 Å². The molecule has 1 N–H and O–H groups in total. The minimum Gasteiger partial charge on any atom is -0.365 e. The van der Waals surface area contributed by atoms with Crippen LogP contribution >= 0.6 is 0 Å². The highest BCUT2D eigenvalue weighted by Gasteiger charge is 2.12. The number of nitrogens with zero attached hydrogens (tertiary/aromatic N) is 1. The third kappa shape index (κ3) is 4.13. The minimum atomic E-state index is 0.433. The molecule has 2 fully saturated rings. The van der Waals surface area contributed by atoms with Crippen LogP contribution in [0.3, 0.4) is 0 Å². The summed E-state index contributed by atoms with van der Waals surface area (Å²) in [5.74, 6) is 6.33. The van der Waals surface area contributed by atoms with Crippen LogP contribution in [0.5, 0.6) is 0 Å². The number of likely N-dealkylation sites (tertiary alicyclic amines) is 1. The molecule has 2 heterocycles. The Morgan fingerprint density at radius 3 is 2.62 bits per heavy atom. The van der Waals surface area contributed by atoms with Gasteiger partial charge in [0, 0.05) is 0 Å². The topological polar surface area (TPSA) is 24.5 Å². The highest BCUT2D eigenvalue weighted by Crippen LogP contribution is 2.06. The molecule has 0 spiro atoms. The first-order chi connectivity index (χ1) is 7.95. The van der Waals surface area contributed by atoms with Crippen molar-refractivity contribution in [2.45, 2.75) is 31.8 Å². The van der Waals surface area contributed by atoms with Crippen molar-refractivity contribution in [3.05, 3.63) is 0 Å². The van der Waals surface area contributed by atoms with E-state index in [2.05, 4.69) is 22.1 Å². The summed E-state index contributed by atoms with van der Waals surface area (Å²) in [7, 11) is 0. The Labute approximate surface area is 98.5 Å². The quantitative estimate of drug-likeness (QED) is 0.717. The van der Waals surface area contributed by atoms with Crippen LogP contribution in [0.25, 0.3) is 0 Å². The van der Waals surface area contributed by atoms with Crippen molar-refractivity contribution in [3.8, 4) is 11.8 Å². The Bertz CT molecular complexity index is 244. The summed E-state index contributed by atoms with van der Waals surface area (Å²) in [5, 5.41) is 3.33. The molecule has 0 aromatic heterocycles. The smallest absolute Gasteiger partial charge is 0.108 e. The van der Waals surface area contributed by atoms with Gasteiger partial charge in [-0.05, 0) is 51.9 Å². The summed E-state index contributed by atoms with van der Waals surface area (Å²) in [5.41, 5.74) is 0. The number of ether oxygens (including phenoxy) is 1. The molecule has 0 aliphatic carbocycles. The van der Waals surface area contributed by atoms with Gasteiger partial charge in [-0.1, -0.05) is 11.8 Å². The largest absolute Gasteiger partial charge is 0.365 e. The first-order valence-corrected chi connectivity index (χ1v) is 6.45. The summed E-state index contributed by atoms with van der Waals surface area (Å²) in [6.07, 6.45) is 5.38. The van der Waals surface area contributed by atoms with Gasteiger partial charge in [0.25, 0.3) is 0 Å². The lowest BCUT2D eigenvalue weighted by Gasteiger charge is -2.21. The molecule has 0 unspecified atom stereocenters. The lowest BCUT2D eigenvalue weighted by molar-refractivity contribution is 0.0547. The fourth-order valence-corrected chi connectivity index (χ4v) is 2.28. The van der Waals surface area contributed by atoms with E-state index in [1.54, 1.807) is 0 Å². The zero-order chi connectivity index (χ0) is 11.1. The van der Waals surface area contributed by atoms with Crippen molar-refractivity contribution in [2.75, 3.05) is 39.3 Å². The predicted molar refractivity (Wildman–Crippen MR) is 65.3 cm³/mol. The average molecular weight is 222 g/mol. The van der Waals surface area contributed by atoms with Crippen LogP contribution in [0.15, 0.2) is 0 Å². The Hall–Kier alpha value is -0.560. The number of hydrogen-bond acceptors (Lipinski definition) is 3. The normalized spacial score (nSPS) is 23.0. The molecule has 0 radical (unpaired) electrons. The van der Waals surface area contributed by atoms with Crippen molar-refractivity contribution < 1.29 is 4.74 Å². The number of rotatable bonds is 3. The van der Waals surface area contributed by atoms with Gasteiger partial charge < -0.3 is 10.1 Å². The molecule has 0 aromatic rings. The number of nitrogens with one attached hydrogen (secondary N) is 1. The molecule has 2 aliphatic rings. The second-order valence-electron chi connectivity index (χ2n) is 4.60. The van der Waals surface area contributed by atoms with Gasteiger partial charge in [0.1, 0.15) is 6.61 Å². The molecule has 2 saturated heterocycles. The number of hydrogen-bond donors (Lipinski definition) is 1. The van der Waals surface area contributed by atoms with Gasteiger partial charge in [0.05, 0.1) is 12.6 Å². The van der Waals surface area contributed by atoms with Crippen LogP contribution in [-0.4, -0.2) is 50.3 Å². The van der Waals surface area contributed by atoms with E-state index in [0.29, 0.717) is 12.7 Å². The molecular formula is C13H22N2O. The van der Waals surface area contributed by atoms with Crippen molar-refractivity contribution in [2.24, 2.45) is 0 Å². The van der Waals surface area contributed by atoms with E-state index in [1.165, 1.54) is 25.9 Å². The summed E-state index contributed by atoms with van der Waals surface area (Å²) in [6.45, 7) is 6.17. The second-order valence-corrected chi connectivity index (χ2v) is 4.60. The van der Waals surface area contributed by atoms with Crippen molar-refractivity contribution in [1.82, 2.24) is 10.2 Å². The van der Waals surface area contributed by atoms with E-state index in [4.69, 9.17) is 4.74 Å². The van der Waals surface area contributed by atoms with Gasteiger partial charge in [-0.15, -0.1) is 0 Å². The van der Waals surface area contributed by atoms with Crippen LogP contribution in [0.1, 0.15) is 25.7 Å². The second kappa shape index (κ2) is 6.90. The lowest BCUT2D eigenvalue weighted by atomic mass is 10.1. The van der Waals surface area contributed by atoms with Crippen LogP contribution in [0.4, 0.5) is 0 Å². The third-order valence-corrected chi connectivity index (χ3v) is 3.30. The molecule has 90 valence electrons. The van der Waals surface area contributed by atoms with E-state index >= 15 is 0 Å². The maximum Gasteiger partial charge on any atom is 0.108 e. The molecule has 3 heteroatoms. The summed E-state index contributed by atoms with van der Waals surface area (Å²) >= 11 is 0. The monoisotopic (exact) mass is 222 g/mol. The molecule has 0 saturated carbocycles. The zero-order valence-electron chi connectivity index (χ0n) is 10.0. The molecule has 2 rings (SSSR count). The predicted octanol–water partition coefficient (Wildman–Crippen LogP) is 0.854. The van der Waals surface area contributed by atoms with Crippen LogP contribution < -0.4 is 5.32 Å². The maximum atomic E-state index is 5.72. The molecule has 2 aliphatic heterocycles. The maximum absolute atomic E-state index is 5.72. The van der Waals surface area contributed by atoms with E-state index in [0.717, 1.165) is 32.5 Å². The zero-order valence-corrected chi connectivity index (χ0v) is 10.0. The Kier molecular flexibility index (Phi) is 5.14. The van der Waals surface area contributed by atoms with Crippen molar-refractivity contribution in [3.63, 3.8) is 0 Å². The fourth-order valence-electron chi connectivity index (χ4n) is 2.28. The lowest BCUT2D eigenvalue weighted by Crippen LogP contribution is -2.32. The Balaban J connectivity index is 1.54. The molecule has 0 aromatic carbocycles. The van der Waals surface area contributed by atoms with E-state index in [1.807, 2.05) is 0 Å². The summed E-state index contributed by atoms with van der Waals surface area (Å²) in [4.78, 5) is 2.41. The summed E-state index contributed by atoms with van der Waals surface area (Å²) < 4.78 is 5.72. The molecule has 0 atom stereocenters. The highest BCUT2D eigenvalue weighted by atomic mass is 16.5. The standard InChI is InChI=1S/C13H22N2O/c1-2-10-15(9-1)11-3-4-12-16-13-5-7-14-8-6-13/h13-14H,1-2,5-12H2. The van der Waals surface area contributed by atoms with Crippen LogP contribution in [0, 0.1) is 11.8 Å². The Morgan fingerprint density at radius 2 is 1.88 bits per heavy atom. The first-order valence-electron chi connectivity index (χ1n) is 6.45. The van der Waals surface area contributed by atoms with Gasteiger partial charge in [0.2, 0.25) is 0 Å². The fraction of sp³-hybridized carbons (Fsp3) is 0.846. The van der Waals surface area contributed by atoms with Gasteiger partial charge in [0.15, 0.2) is 0 Å². The SMILES string of the molecule is C(#CCN1CCCC1)COC1CCNCC1. The molecule has 0 bridgehead atoms. The van der Waals surface area contributed by atoms with Gasteiger partial charge in [-0.3, -0.25) is 4.90 Å². The molecular weight excluding hydrogens is 200 g/mol. The number of piperidine rings is 1. The van der Waals surface area contributed by atoms with Crippen molar-refractivity contribution in [1.29, 1.82) is 0 Å². The van der Waals surface area contributed by atoms with Gasteiger partial charge in [-0.25, -0.2) is 0 Å². The third-order valence-electron chi connectivity index (χ3n) is 3.30. The van der Waals surface area contributed by atoms with Crippen LogP contribution in [-0.2, 0) is 4.74 Å². The van der Waals surface area contributed by atoms with Crippen molar-refractivity contribution >= 4 is 0 Å². The molecule has 3 nitrogen and oxygen atoms in total. The Morgan fingerprint density at radius 1 is 1.12 bits per heavy atom. The summed E-state index contributed by atoms with van der Waals surface area (Å²) in [6, 6.07) is 0. The van der Waals surface area contributed by atoms with E-state index in [9.17, 15) is 0 Å². The minimum absolute atomic E-state index is 0.433. The average Bonchev–Trinajstić information content (AvgIpc) is 2.83. The van der Waals surface area contributed by atoms with Gasteiger partial charge in [-0.2, -0.15) is 0 Å². The first kappa shape index (κ1) is 11.9. The van der Waals surface area contributed by atoms with E-state index in [-0.39, 0.29) is 0 Å².